The van der Waals surface area contributed by atoms with Gasteiger partial charge in [-0.1, -0.05) is 18.2 Å². The van der Waals surface area contributed by atoms with Crippen molar-refractivity contribution in [1.82, 2.24) is 0 Å². The molecular weight excluding hydrogens is 220 g/mol. The van der Waals surface area contributed by atoms with E-state index in [0.29, 0.717) is 0 Å². The van der Waals surface area contributed by atoms with Crippen LogP contribution in [0, 0.1) is 0 Å². The molecule has 1 aromatic carbocycles. The van der Waals surface area contributed by atoms with Crippen molar-refractivity contribution in [2.24, 2.45) is 0 Å². The van der Waals surface area contributed by atoms with Gasteiger partial charge in [-0.2, -0.15) is 10.0 Å². The molecular formula is C13H14S2. The maximum absolute atomic E-state index is 2.41. The van der Waals surface area contributed by atoms with E-state index in [1.165, 1.54) is 15.0 Å². The van der Waals surface area contributed by atoms with E-state index in [1.54, 1.807) is 9.80 Å². The molecule has 0 saturated carbocycles. The highest BCUT2D eigenvalue weighted by atomic mass is 32.3. The first kappa shape index (κ1) is 9.49. The molecule has 0 spiro atoms. The molecule has 0 fully saturated rings. The number of hydrogen-bond donors (Lipinski definition) is 0. The molecule has 78 valence electrons. The van der Waals surface area contributed by atoms with E-state index in [1.807, 2.05) is 11.3 Å². The normalized spacial score (nSPS) is 20.1. The Labute approximate surface area is 95.9 Å². The minimum atomic E-state index is -0.696. The second kappa shape index (κ2) is 2.89. The van der Waals surface area contributed by atoms with Crippen molar-refractivity contribution in [2.75, 3.05) is 12.5 Å². The van der Waals surface area contributed by atoms with Crippen LogP contribution in [-0.2, 0) is 0 Å². The third-order valence-electron chi connectivity index (χ3n) is 3.22. The number of benzene rings is 1. The first-order valence-electron chi connectivity index (χ1n) is 5.04. The van der Waals surface area contributed by atoms with E-state index in [9.17, 15) is 0 Å². The van der Waals surface area contributed by atoms with E-state index in [0.717, 1.165) is 0 Å². The van der Waals surface area contributed by atoms with Crippen molar-refractivity contribution in [2.45, 2.75) is 11.8 Å². The van der Waals surface area contributed by atoms with Gasteiger partial charge in [-0.25, -0.2) is 0 Å². The maximum atomic E-state index is 2.41. The fraction of sp³-hybridized carbons (Fsp3) is 0.231. The van der Waals surface area contributed by atoms with Gasteiger partial charge in [0.05, 0.1) is 0 Å². The Morgan fingerprint density at radius 3 is 2.67 bits per heavy atom. The topological polar surface area (TPSA) is 0 Å². The van der Waals surface area contributed by atoms with Crippen LogP contribution in [0.15, 0.2) is 34.1 Å². The molecule has 2 heterocycles. The van der Waals surface area contributed by atoms with Gasteiger partial charge >= 0.3 is 0 Å². The summed E-state index contributed by atoms with van der Waals surface area (Å²) in [7, 11) is -0.696. The predicted octanol–water partition coefficient (Wildman–Crippen LogP) is 4.70. The van der Waals surface area contributed by atoms with E-state index < -0.39 is 10.0 Å². The highest BCUT2D eigenvalue weighted by Gasteiger charge is 2.29. The third kappa shape index (κ3) is 1.15. The van der Waals surface area contributed by atoms with Crippen molar-refractivity contribution in [3.63, 3.8) is 0 Å². The molecule has 0 bridgehead atoms. The summed E-state index contributed by atoms with van der Waals surface area (Å²) in [6, 6.07) is 8.79. The van der Waals surface area contributed by atoms with Gasteiger partial charge < -0.3 is 0 Å². The standard InChI is InChI=1S/C13H14S2/c1-9-8-12-13(15(9,2)3)10-6-4-5-7-11(10)14-12/h4-8H,1-3H3. The molecule has 15 heavy (non-hydrogen) atoms. The zero-order valence-corrected chi connectivity index (χ0v) is 10.8. The van der Waals surface area contributed by atoms with E-state index >= 15 is 0 Å². The lowest BCUT2D eigenvalue weighted by atomic mass is 10.2. The molecule has 0 nitrogen and oxygen atoms in total. The van der Waals surface area contributed by atoms with Crippen molar-refractivity contribution >= 4 is 37.5 Å². The van der Waals surface area contributed by atoms with Gasteiger partial charge in [0.25, 0.3) is 0 Å². The third-order valence-corrected chi connectivity index (χ3v) is 7.66. The Kier molecular flexibility index (Phi) is 1.83. The maximum Gasteiger partial charge on any atom is 0.0414 e. The Balaban J connectivity index is 2.43. The van der Waals surface area contributed by atoms with Crippen molar-refractivity contribution < 1.29 is 0 Å². The van der Waals surface area contributed by atoms with E-state index in [-0.39, 0.29) is 0 Å². The summed E-state index contributed by atoms with van der Waals surface area (Å²) in [5.41, 5.74) is 0. The van der Waals surface area contributed by atoms with Crippen LogP contribution in [0.5, 0.6) is 0 Å². The van der Waals surface area contributed by atoms with Crippen molar-refractivity contribution in [3.8, 4) is 0 Å². The zero-order valence-electron chi connectivity index (χ0n) is 9.20. The Bertz CT molecular complexity index is 573. The lowest BCUT2D eigenvalue weighted by Crippen LogP contribution is -1.92. The molecule has 3 rings (SSSR count). The molecule has 2 heteroatoms. The highest BCUT2D eigenvalue weighted by molar-refractivity contribution is 8.36. The first-order chi connectivity index (χ1) is 7.10. The number of fused-ring (bicyclic) bond motifs is 3. The SMILES string of the molecule is CC1=Cc2sc3ccccc3c2S1(C)C. The fourth-order valence-corrected chi connectivity index (χ4v) is 6.17. The number of rotatable bonds is 0. The van der Waals surface area contributed by atoms with Crippen LogP contribution >= 0.6 is 21.4 Å². The average molecular weight is 234 g/mol. The van der Waals surface area contributed by atoms with Gasteiger partial charge in [-0.05, 0) is 36.5 Å². The average Bonchev–Trinajstić information content (AvgIpc) is 2.64. The molecule has 1 aromatic heterocycles. The number of thiophene rings is 1. The second-order valence-corrected chi connectivity index (χ2v) is 9.16. The van der Waals surface area contributed by atoms with Gasteiger partial charge in [0, 0.05) is 19.9 Å². The monoisotopic (exact) mass is 234 g/mol. The minimum Gasteiger partial charge on any atom is -0.196 e. The summed E-state index contributed by atoms with van der Waals surface area (Å²) >= 11 is 1.94. The summed E-state index contributed by atoms with van der Waals surface area (Å²) in [5.74, 6) is 0. The van der Waals surface area contributed by atoms with E-state index in [2.05, 4.69) is 49.8 Å². The molecule has 1 aliphatic heterocycles. The van der Waals surface area contributed by atoms with Crippen LogP contribution in [0.2, 0.25) is 0 Å². The number of allylic oxidation sites excluding steroid dienone is 1. The molecule has 0 amide bonds. The quantitative estimate of drug-likeness (QED) is 0.620. The molecule has 0 radical (unpaired) electrons. The molecule has 0 unspecified atom stereocenters. The summed E-state index contributed by atoms with van der Waals surface area (Å²) < 4.78 is 1.44. The second-order valence-electron chi connectivity index (χ2n) is 4.37. The van der Waals surface area contributed by atoms with Gasteiger partial charge in [0.2, 0.25) is 0 Å². The van der Waals surface area contributed by atoms with Crippen LogP contribution in [-0.4, -0.2) is 12.5 Å². The van der Waals surface area contributed by atoms with E-state index in [4.69, 9.17) is 0 Å². The van der Waals surface area contributed by atoms with Crippen molar-refractivity contribution in [3.05, 3.63) is 34.0 Å². The summed E-state index contributed by atoms with van der Waals surface area (Å²) in [6.07, 6.45) is 7.20. The number of hydrogen-bond acceptors (Lipinski definition) is 1. The lowest BCUT2D eigenvalue weighted by Gasteiger charge is -2.28. The summed E-state index contributed by atoms with van der Waals surface area (Å²) in [6.45, 7) is 2.27. The van der Waals surface area contributed by atoms with Crippen LogP contribution in [0.3, 0.4) is 0 Å². The molecule has 0 saturated heterocycles. The van der Waals surface area contributed by atoms with Gasteiger partial charge in [0.1, 0.15) is 0 Å². The van der Waals surface area contributed by atoms with Crippen LogP contribution in [0.1, 0.15) is 11.8 Å². The zero-order chi connectivity index (χ0) is 10.6. The molecule has 1 aliphatic rings. The Morgan fingerprint density at radius 2 is 1.87 bits per heavy atom. The fourth-order valence-electron chi connectivity index (χ4n) is 2.16. The van der Waals surface area contributed by atoms with Crippen LogP contribution < -0.4 is 0 Å². The summed E-state index contributed by atoms with van der Waals surface area (Å²) in [4.78, 5) is 4.67. The predicted molar refractivity (Wildman–Crippen MR) is 73.2 cm³/mol. The highest BCUT2D eigenvalue weighted by Crippen LogP contribution is 2.66. The van der Waals surface area contributed by atoms with Gasteiger partial charge in [-0.15, -0.1) is 11.3 Å². The molecule has 2 aromatic rings. The first-order valence-corrected chi connectivity index (χ1v) is 8.30. The lowest BCUT2D eigenvalue weighted by molar-refractivity contribution is 1.60. The molecule has 0 N–H and O–H groups in total. The largest absolute Gasteiger partial charge is 0.196 e. The van der Waals surface area contributed by atoms with Gasteiger partial charge in [-0.3, -0.25) is 0 Å². The summed E-state index contributed by atoms with van der Waals surface area (Å²) in [5, 5.41) is 1.48. The van der Waals surface area contributed by atoms with Crippen LogP contribution in [0.4, 0.5) is 0 Å². The Hall–Kier alpha value is -0.730. The Morgan fingerprint density at radius 1 is 1.13 bits per heavy atom. The minimum absolute atomic E-state index is 0.696. The molecule has 0 atom stereocenters. The van der Waals surface area contributed by atoms with Crippen molar-refractivity contribution in [1.29, 1.82) is 0 Å². The van der Waals surface area contributed by atoms with Crippen LogP contribution in [0.25, 0.3) is 16.2 Å². The smallest absolute Gasteiger partial charge is 0.0414 e. The molecule has 0 aliphatic carbocycles. The van der Waals surface area contributed by atoms with Gasteiger partial charge in [0.15, 0.2) is 0 Å².